The lowest BCUT2D eigenvalue weighted by molar-refractivity contribution is 0.0954. The molecule has 0 aliphatic heterocycles. The smallest absolute Gasteiger partial charge is 0.251 e. The number of hydrogen-bond donors (Lipinski definition) is 2. The molecule has 0 bridgehead atoms. The fraction of sp³-hybridized carbons (Fsp3) is 0.263. The van der Waals surface area contributed by atoms with Crippen LogP contribution in [0.3, 0.4) is 0 Å². The number of hydrogen-bond acceptors (Lipinski definition) is 5. The second-order valence-corrected chi connectivity index (χ2v) is 6.18. The largest absolute Gasteiger partial charge is 0.367 e. The van der Waals surface area contributed by atoms with E-state index in [1.807, 2.05) is 63.4 Å². The van der Waals surface area contributed by atoms with Crippen LogP contribution in [0.5, 0.6) is 0 Å². The molecule has 0 aliphatic carbocycles. The van der Waals surface area contributed by atoms with Crippen molar-refractivity contribution < 1.29 is 4.79 Å². The molecule has 26 heavy (non-hydrogen) atoms. The minimum atomic E-state index is -0.0696. The van der Waals surface area contributed by atoms with Gasteiger partial charge in [-0.1, -0.05) is 17.7 Å². The summed E-state index contributed by atoms with van der Waals surface area (Å²) in [6.07, 6.45) is 1.84. The first-order chi connectivity index (χ1) is 12.5. The number of aryl methyl sites for hydroxylation is 3. The minimum absolute atomic E-state index is 0.0696. The highest BCUT2D eigenvalue weighted by Gasteiger charge is 2.08. The molecule has 0 unspecified atom stereocenters. The van der Waals surface area contributed by atoms with E-state index in [0.29, 0.717) is 30.3 Å². The highest BCUT2D eigenvalue weighted by molar-refractivity contribution is 5.95. The third kappa shape index (κ3) is 4.24. The molecule has 0 saturated carbocycles. The summed E-state index contributed by atoms with van der Waals surface area (Å²) in [7, 11) is 0. The molecule has 7 heteroatoms. The predicted octanol–water partition coefficient (Wildman–Crippen LogP) is 2.43. The Bertz CT molecular complexity index is 901. The number of nitrogens with one attached hydrogen (secondary N) is 2. The topological polar surface area (TPSA) is 84.7 Å². The molecule has 3 rings (SSSR count). The molecule has 0 saturated heterocycles. The lowest BCUT2D eigenvalue weighted by Crippen LogP contribution is -2.29. The van der Waals surface area contributed by atoms with Gasteiger partial charge in [-0.05, 0) is 50.6 Å². The molecule has 0 aliphatic rings. The van der Waals surface area contributed by atoms with Crippen LogP contribution in [0.4, 0.5) is 5.82 Å². The zero-order valence-electron chi connectivity index (χ0n) is 15.2. The zero-order valence-corrected chi connectivity index (χ0v) is 15.2. The number of nitrogens with zero attached hydrogens (tertiary/aromatic N) is 4. The van der Waals surface area contributed by atoms with Gasteiger partial charge in [-0.15, -0.1) is 10.2 Å². The van der Waals surface area contributed by atoms with Gasteiger partial charge in [0.25, 0.3) is 5.91 Å². The van der Waals surface area contributed by atoms with Crippen molar-refractivity contribution in [3.05, 3.63) is 65.0 Å². The molecule has 0 spiro atoms. The first-order valence-electron chi connectivity index (χ1n) is 8.48. The molecule has 2 aromatic heterocycles. The highest BCUT2D eigenvalue weighted by atomic mass is 16.1. The summed E-state index contributed by atoms with van der Waals surface area (Å²) >= 11 is 0. The Morgan fingerprint density at radius 2 is 1.88 bits per heavy atom. The molecule has 0 fully saturated rings. The molecule has 1 amide bonds. The van der Waals surface area contributed by atoms with Crippen molar-refractivity contribution in [2.45, 2.75) is 20.8 Å². The summed E-state index contributed by atoms with van der Waals surface area (Å²) in [5, 5.41) is 18.6. The number of carbonyl (C=O) groups excluding carboxylic acids is 1. The lowest BCUT2D eigenvalue weighted by Gasteiger charge is -2.09. The van der Waals surface area contributed by atoms with Crippen molar-refractivity contribution in [2.24, 2.45) is 0 Å². The number of rotatable bonds is 6. The van der Waals surface area contributed by atoms with E-state index in [1.54, 1.807) is 4.68 Å². The van der Waals surface area contributed by atoms with E-state index >= 15 is 0 Å². The standard InChI is InChI=1S/C19H22N6O/c1-13-4-5-16(14(2)12-13)19(26)21-10-9-20-17-6-7-18(23-22-17)25-11-8-15(3)24-25/h4-8,11-12H,9-10H2,1-3H3,(H,20,22)(H,21,26). The Kier molecular flexibility index (Phi) is 5.26. The second kappa shape index (κ2) is 7.77. The molecule has 134 valence electrons. The number of amides is 1. The molecular weight excluding hydrogens is 328 g/mol. The number of carbonyl (C=O) groups is 1. The average molecular weight is 350 g/mol. The minimum Gasteiger partial charge on any atom is -0.367 e. The van der Waals surface area contributed by atoms with Gasteiger partial charge in [0.15, 0.2) is 5.82 Å². The Morgan fingerprint density at radius 3 is 2.54 bits per heavy atom. The molecule has 0 atom stereocenters. The van der Waals surface area contributed by atoms with Crippen molar-refractivity contribution in [1.29, 1.82) is 0 Å². The Balaban J connectivity index is 1.48. The summed E-state index contributed by atoms with van der Waals surface area (Å²) in [5.74, 6) is 1.24. The van der Waals surface area contributed by atoms with Gasteiger partial charge in [0.1, 0.15) is 5.82 Å². The summed E-state index contributed by atoms with van der Waals surface area (Å²) in [4.78, 5) is 12.2. The zero-order chi connectivity index (χ0) is 18.5. The lowest BCUT2D eigenvalue weighted by atomic mass is 10.1. The van der Waals surface area contributed by atoms with E-state index in [0.717, 1.165) is 16.8 Å². The number of anilines is 1. The molecule has 3 aromatic rings. The van der Waals surface area contributed by atoms with Crippen LogP contribution < -0.4 is 10.6 Å². The van der Waals surface area contributed by atoms with E-state index in [4.69, 9.17) is 0 Å². The average Bonchev–Trinajstić information content (AvgIpc) is 3.05. The third-order valence-electron chi connectivity index (χ3n) is 3.95. The van der Waals surface area contributed by atoms with Gasteiger partial charge in [-0.2, -0.15) is 5.10 Å². The van der Waals surface area contributed by atoms with Gasteiger partial charge >= 0.3 is 0 Å². The van der Waals surface area contributed by atoms with Crippen molar-refractivity contribution in [3.8, 4) is 5.82 Å². The van der Waals surface area contributed by atoms with E-state index in [1.165, 1.54) is 0 Å². The normalized spacial score (nSPS) is 10.6. The van der Waals surface area contributed by atoms with Gasteiger partial charge in [0.2, 0.25) is 0 Å². The summed E-state index contributed by atoms with van der Waals surface area (Å²) in [5.41, 5.74) is 3.75. The molecule has 0 radical (unpaired) electrons. The van der Waals surface area contributed by atoms with Crippen LogP contribution >= 0.6 is 0 Å². The van der Waals surface area contributed by atoms with Crippen LogP contribution in [0, 0.1) is 20.8 Å². The van der Waals surface area contributed by atoms with Crippen LogP contribution in [0.1, 0.15) is 27.2 Å². The Morgan fingerprint density at radius 1 is 1.04 bits per heavy atom. The van der Waals surface area contributed by atoms with Gasteiger partial charge < -0.3 is 10.6 Å². The maximum Gasteiger partial charge on any atom is 0.251 e. The van der Waals surface area contributed by atoms with Crippen LogP contribution in [-0.4, -0.2) is 39.0 Å². The number of benzene rings is 1. The van der Waals surface area contributed by atoms with Crippen LogP contribution in [0.25, 0.3) is 5.82 Å². The van der Waals surface area contributed by atoms with Crippen LogP contribution in [-0.2, 0) is 0 Å². The monoisotopic (exact) mass is 350 g/mol. The molecule has 2 N–H and O–H groups in total. The van der Waals surface area contributed by atoms with Crippen molar-refractivity contribution >= 4 is 11.7 Å². The summed E-state index contributed by atoms with van der Waals surface area (Å²) in [6, 6.07) is 11.4. The van der Waals surface area contributed by atoms with Gasteiger partial charge in [-0.3, -0.25) is 4.79 Å². The Labute approximate surface area is 152 Å². The number of aromatic nitrogens is 4. The predicted molar refractivity (Wildman–Crippen MR) is 101 cm³/mol. The van der Waals surface area contributed by atoms with Crippen molar-refractivity contribution in [1.82, 2.24) is 25.3 Å². The van der Waals surface area contributed by atoms with Gasteiger partial charge in [-0.25, -0.2) is 4.68 Å². The molecule has 7 nitrogen and oxygen atoms in total. The van der Waals surface area contributed by atoms with Crippen molar-refractivity contribution in [3.63, 3.8) is 0 Å². The third-order valence-corrected chi connectivity index (χ3v) is 3.95. The first-order valence-corrected chi connectivity index (χ1v) is 8.48. The Hall–Kier alpha value is -3.22. The van der Waals surface area contributed by atoms with Crippen LogP contribution in [0.2, 0.25) is 0 Å². The van der Waals surface area contributed by atoms with E-state index < -0.39 is 0 Å². The fourth-order valence-corrected chi connectivity index (χ4v) is 2.61. The molecule has 1 aromatic carbocycles. The summed E-state index contributed by atoms with van der Waals surface area (Å²) < 4.78 is 1.68. The van der Waals surface area contributed by atoms with Gasteiger partial charge in [0.05, 0.1) is 5.69 Å². The van der Waals surface area contributed by atoms with Gasteiger partial charge in [0, 0.05) is 24.8 Å². The van der Waals surface area contributed by atoms with Crippen molar-refractivity contribution in [2.75, 3.05) is 18.4 Å². The first kappa shape index (κ1) is 17.6. The van der Waals surface area contributed by atoms with E-state index in [9.17, 15) is 4.79 Å². The molecule has 2 heterocycles. The second-order valence-electron chi connectivity index (χ2n) is 6.18. The maximum absolute atomic E-state index is 12.2. The quantitative estimate of drug-likeness (QED) is 0.667. The van der Waals surface area contributed by atoms with E-state index in [2.05, 4.69) is 25.9 Å². The van der Waals surface area contributed by atoms with Crippen LogP contribution in [0.15, 0.2) is 42.6 Å². The summed E-state index contributed by atoms with van der Waals surface area (Å²) in [6.45, 7) is 6.93. The molecular formula is C19H22N6O. The highest BCUT2D eigenvalue weighted by Crippen LogP contribution is 2.10. The SMILES string of the molecule is Cc1ccc(C(=O)NCCNc2ccc(-n3ccc(C)n3)nn2)c(C)c1. The fourth-order valence-electron chi connectivity index (χ4n) is 2.61. The van der Waals surface area contributed by atoms with E-state index in [-0.39, 0.29) is 5.91 Å². The maximum atomic E-state index is 12.2.